The van der Waals surface area contributed by atoms with Gasteiger partial charge in [-0.05, 0) is 44.1 Å². The lowest BCUT2D eigenvalue weighted by Gasteiger charge is -2.34. The molecule has 1 heterocycles. The lowest BCUT2D eigenvalue weighted by molar-refractivity contribution is -0.141. The Hall–Kier alpha value is -0.830. The molecule has 9 heteroatoms. The number of hydrogen-bond donors (Lipinski definition) is 2. The molecule has 1 amide bonds. The molecule has 1 aromatic carbocycles. The van der Waals surface area contributed by atoms with Gasteiger partial charge in [0.1, 0.15) is 5.60 Å². The van der Waals surface area contributed by atoms with Gasteiger partial charge >= 0.3 is 6.18 Å². The summed E-state index contributed by atoms with van der Waals surface area (Å²) < 4.78 is 43.9. The molecule has 1 aliphatic rings. The van der Waals surface area contributed by atoms with Crippen LogP contribution in [0.2, 0.25) is 0 Å². The van der Waals surface area contributed by atoms with Gasteiger partial charge in [0.05, 0.1) is 5.56 Å². The van der Waals surface area contributed by atoms with E-state index in [2.05, 4.69) is 26.6 Å². The highest BCUT2D eigenvalue weighted by molar-refractivity contribution is 9.10. The van der Waals surface area contributed by atoms with E-state index in [0.717, 1.165) is 6.07 Å². The van der Waals surface area contributed by atoms with Gasteiger partial charge in [-0.3, -0.25) is 4.79 Å². The third-order valence-corrected chi connectivity index (χ3v) is 4.44. The Morgan fingerprint density at radius 3 is 2.48 bits per heavy atom. The zero-order valence-electron chi connectivity index (χ0n) is 12.3. The summed E-state index contributed by atoms with van der Waals surface area (Å²) in [6, 6.07) is 3.59. The summed E-state index contributed by atoms with van der Waals surface area (Å²) in [6.45, 7) is 1.24. The van der Waals surface area contributed by atoms with E-state index in [4.69, 9.17) is 4.74 Å². The number of nitrogens with one attached hydrogen (secondary N) is 2. The molecule has 2 rings (SSSR count). The van der Waals surface area contributed by atoms with E-state index < -0.39 is 23.2 Å². The van der Waals surface area contributed by atoms with Crippen LogP contribution < -0.4 is 10.6 Å². The molecule has 1 fully saturated rings. The first kappa shape index (κ1) is 20.2. The number of carbonyl (C=O) groups is 1. The number of methoxy groups -OCH3 is 1. The van der Waals surface area contributed by atoms with E-state index >= 15 is 0 Å². The number of amides is 1. The third kappa shape index (κ3) is 4.59. The molecule has 4 nitrogen and oxygen atoms in total. The second-order valence-electron chi connectivity index (χ2n) is 5.09. The van der Waals surface area contributed by atoms with Crippen LogP contribution in [0.1, 0.15) is 18.4 Å². The van der Waals surface area contributed by atoms with E-state index in [0.29, 0.717) is 25.9 Å². The van der Waals surface area contributed by atoms with Crippen LogP contribution in [-0.2, 0) is 15.7 Å². The number of halogens is 5. The van der Waals surface area contributed by atoms with Crippen molar-refractivity contribution < 1.29 is 22.7 Å². The van der Waals surface area contributed by atoms with Gasteiger partial charge < -0.3 is 15.4 Å². The molecule has 0 bridgehead atoms. The lowest BCUT2D eigenvalue weighted by Crippen LogP contribution is -2.51. The monoisotopic (exact) mass is 416 g/mol. The summed E-state index contributed by atoms with van der Waals surface area (Å²) in [5.41, 5.74) is -1.74. The van der Waals surface area contributed by atoms with Crippen molar-refractivity contribution in [2.45, 2.75) is 24.6 Å². The highest BCUT2D eigenvalue weighted by Gasteiger charge is 2.40. The first-order chi connectivity index (χ1) is 10.3. The fourth-order valence-corrected chi connectivity index (χ4v) is 2.89. The number of anilines is 1. The van der Waals surface area contributed by atoms with Crippen LogP contribution in [-0.4, -0.2) is 31.7 Å². The fraction of sp³-hybridized carbons (Fsp3) is 0.500. The summed E-state index contributed by atoms with van der Waals surface area (Å²) in [7, 11) is 1.44. The van der Waals surface area contributed by atoms with Crippen molar-refractivity contribution in [2.75, 3.05) is 25.5 Å². The maximum Gasteiger partial charge on any atom is 0.417 e. The van der Waals surface area contributed by atoms with Crippen molar-refractivity contribution in [3.63, 3.8) is 0 Å². The predicted molar refractivity (Wildman–Crippen MR) is 86.9 cm³/mol. The first-order valence-electron chi connectivity index (χ1n) is 6.72. The number of carbonyl (C=O) groups excluding carboxylic acids is 1. The number of piperidine rings is 1. The molecule has 0 aliphatic carbocycles. The van der Waals surface area contributed by atoms with Crippen LogP contribution in [0.15, 0.2) is 22.7 Å². The Labute approximate surface area is 146 Å². The molecule has 1 saturated heterocycles. The minimum atomic E-state index is -4.49. The van der Waals surface area contributed by atoms with Gasteiger partial charge in [0.2, 0.25) is 0 Å². The van der Waals surface area contributed by atoms with Gasteiger partial charge in [-0.2, -0.15) is 13.2 Å². The predicted octanol–water partition coefficient (Wildman–Crippen LogP) is 3.60. The summed E-state index contributed by atoms with van der Waals surface area (Å²) in [5, 5.41) is 5.64. The van der Waals surface area contributed by atoms with Crippen molar-refractivity contribution in [3.8, 4) is 0 Å². The molecule has 1 aliphatic heterocycles. The van der Waals surface area contributed by atoms with Gasteiger partial charge in [0, 0.05) is 17.3 Å². The highest BCUT2D eigenvalue weighted by Crippen LogP contribution is 2.36. The van der Waals surface area contributed by atoms with Crippen LogP contribution in [0.4, 0.5) is 18.9 Å². The van der Waals surface area contributed by atoms with Crippen LogP contribution in [0.5, 0.6) is 0 Å². The van der Waals surface area contributed by atoms with Gasteiger partial charge in [0.25, 0.3) is 5.91 Å². The largest absolute Gasteiger partial charge is 0.417 e. The zero-order chi connectivity index (χ0) is 16.4. The molecule has 0 unspecified atom stereocenters. The van der Waals surface area contributed by atoms with Gasteiger partial charge in [-0.15, -0.1) is 12.4 Å². The highest BCUT2D eigenvalue weighted by atomic mass is 79.9. The number of benzene rings is 1. The minimum absolute atomic E-state index is 0. The van der Waals surface area contributed by atoms with E-state index in [1.54, 1.807) is 0 Å². The number of rotatable bonds is 3. The Morgan fingerprint density at radius 1 is 1.35 bits per heavy atom. The topological polar surface area (TPSA) is 50.4 Å². The van der Waals surface area contributed by atoms with Crippen molar-refractivity contribution >= 4 is 39.9 Å². The molecule has 0 radical (unpaired) electrons. The number of hydrogen-bond acceptors (Lipinski definition) is 3. The standard InChI is InChI=1S/C14H16BrF3N2O2.ClH/c1-22-13(4-6-19-7-5-13)12(21)20-9-2-3-11(15)10(8-9)14(16,17)18;/h2-3,8,19H,4-7H2,1H3,(H,20,21);1H. The maximum atomic E-state index is 12.9. The van der Waals surface area contributed by atoms with Gasteiger partial charge in [-0.1, -0.05) is 15.9 Å². The van der Waals surface area contributed by atoms with E-state index in [9.17, 15) is 18.0 Å². The molecule has 0 spiro atoms. The smallest absolute Gasteiger partial charge is 0.368 e. The zero-order valence-corrected chi connectivity index (χ0v) is 14.7. The summed E-state index contributed by atoms with van der Waals surface area (Å²) in [6.07, 6.45) is -3.55. The van der Waals surface area contributed by atoms with E-state index in [1.165, 1.54) is 19.2 Å². The molecule has 2 N–H and O–H groups in total. The molecule has 1 aromatic rings. The Kier molecular flexibility index (Phi) is 6.88. The minimum Gasteiger partial charge on any atom is -0.368 e. The van der Waals surface area contributed by atoms with Crippen LogP contribution in [0, 0.1) is 0 Å². The second kappa shape index (κ2) is 7.83. The number of alkyl halides is 3. The molecule has 23 heavy (non-hydrogen) atoms. The molecule has 0 atom stereocenters. The Balaban J connectivity index is 0.00000264. The average Bonchev–Trinajstić information content (AvgIpc) is 2.48. The molecular formula is C14H17BrClF3N2O2. The van der Waals surface area contributed by atoms with Gasteiger partial charge in [0.15, 0.2) is 0 Å². The third-order valence-electron chi connectivity index (χ3n) is 3.75. The average molecular weight is 418 g/mol. The summed E-state index contributed by atoms with van der Waals surface area (Å²) >= 11 is 2.87. The van der Waals surface area contributed by atoms with Crippen LogP contribution in [0.3, 0.4) is 0 Å². The van der Waals surface area contributed by atoms with Crippen molar-refractivity contribution in [3.05, 3.63) is 28.2 Å². The summed E-state index contributed by atoms with van der Waals surface area (Å²) in [4.78, 5) is 12.4. The lowest BCUT2D eigenvalue weighted by atomic mass is 9.91. The van der Waals surface area contributed by atoms with Gasteiger partial charge in [-0.25, -0.2) is 0 Å². The Morgan fingerprint density at radius 2 is 1.96 bits per heavy atom. The maximum absolute atomic E-state index is 12.9. The van der Waals surface area contributed by atoms with Crippen molar-refractivity contribution in [1.29, 1.82) is 0 Å². The molecular weight excluding hydrogens is 401 g/mol. The first-order valence-corrected chi connectivity index (χ1v) is 7.52. The number of ether oxygens (including phenoxy) is 1. The summed E-state index contributed by atoms with van der Waals surface area (Å²) in [5.74, 6) is -0.424. The van der Waals surface area contributed by atoms with E-state index in [-0.39, 0.29) is 22.6 Å². The fourth-order valence-electron chi connectivity index (χ4n) is 2.42. The molecule has 0 saturated carbocycles. The molecule has 130 valence electrons. The quantitative estimate of drug-likeness (QED) is 0.790. The normalized spacial score (nSPS) is 17.3. The van der Waals surface area contributed by atoms with Crippen molar-refractivity contribution in [2.24, 2.45) is 0 Å². The second-order valence-corrected chi connectivity index (χ2v) is 5.95. The molecule has 0 aromatic heterocycles. The Bertz CT molecular complexity index is 563. The van der Waals surface area contributed by atoms with Crippen LogP contribution >= 0.6 is 28.3 Å². The van der Waals surface area contributed by atoms with Crippen molar-refractivity contribution in [1.82, 2.24) is 5.32 Å². The van der Waals surface area contributed by atoms with E-state index in [1.807, 2.05) is 0 Å². The van der Waals surface area contributed by atoms with Crippen LogP contribution in [0.25, 0.3) is 0 Å². The SMILES string of the molecule is COC1(C(=O)Nc2ccc(Br)c(C(F)(F)F)c2)CCNCC1.Cl.